The first-order valence-electron chi connectivity index (χ1n) is 6.01. The first-order chi connectivity index (χ1) is 8.61. The van der Waals surface area contributed by atoms with Crippen LogP contribution in [0.1, 0.15) is 12.5 Å². The van der Waals surface area contributed by atoms with Crippen molar-refractivity contribution in [3.05, 3.63) is 53.8 Å². The molecule has 0 heterocycles. The molecule has 18 heavy (non-hydrogen) atoms. The molecule has 2 nitrogen and oxygen atoms in total. The summed E-state index contributed by atoms with van der Waals surface area (Å²) < 4.78 is 13.3. The highest BCUT2D eigenvalue weighted by atomic mass is 19.1. The lowest BCUT2D eigenvalue weighted by Gasteiger charge is -2.25. The SMILES string of the molecule is CCN(c1cccc(F)c1)c1cc(C)ccc1N. The van der Waals surface area contributed by atoms with Crippen LogP contribution < -0.4 is 10.6 Å². The largest absolute Gasteiger partial charge is 0.397 e. The lowest BCUT2D eigenvalue weighted by atomic mass is 10.1. The van der Waals surface area contributed by atoms with Gasteiger partial charge in [0.25, 0.3) is 0 Å². The van der Waals surface area contributed by atoms with Crippen LogP contribution in [0.3, 0.4) is 0 Å². The summed E-state index contributed by atoms with van der Waals surface area (Å²) in [5.41, 5.74) is 9.57. The van der Waals surface area contributed by atoms with Gasteiger partial charge in [-0.3, -0.25) is 0 Å². The van der Waals surface area contributed by atoms with Crippen LogP contribution in [0.2, 0.25) is 0 Å². The Morgan fingerprint density at radius 1 is 1.17 bits per heavy atom. The van der Waals surface area contributed by atoms with Crippen molar-refractivity contribution < 1.29 is 4.39 Å². The Kier molecular flexibility index (Phi) is 3.51. The number of benzene rings is 2. The highest BCUT2D eigenvalue weighted by Crippen LogP contribution is 2.31. The first kappa shape index (κ1) is 12.4. The van der Waals surface area contributed by atoms with Crippen molar-refractivity contribution in [3.8, 4) is 0 Å². The van der Waals surface area contributed by atoms with E-state index in [-0.39, 0.29) is 5.82 Å². The molecular weight excluding hydrogens is 227 g/mol. The molecule has 94 valence electrons. The summed E-state index contributed by atoms with van der Waals surface area (Å²) in [5, 5.41) is 0. The fraction of sp³-hybridized carbons (Fsp3) is 0.200. The minimum absolute atomic E-state index is 0.239. The van der Waals surface area contributed by atoms with Crippen LogP contribution in [-0.4, -0.2) is 6.54 Å². The number of rotatable bonds is 3. The van der Waals surface area contributed by atoms with Gasteiger partial charge in [-0.15, -0.1) is 0 Å². The molecule has 2 rings (SSSR count). The van der Waals surface area contributed by atoms with Gasteiger partial charge in [0.05, 0.1) is 11.4 Å². The number of nitrogens with two attached hydrogens (primary N) is 1. The number of hydrogen-bond donors (Lipinski definition) is 1. The van der Waals surface area contributed by atoms with Crippen molar-refractivity contribution in [2.24, 2.45) is 0 Å². The van der Waals surface area contributed by atoms with Gasteiger partial charge in [0, 0.05) is 12.2 Å². The standard InChI is InChI=1S/C15H17FN2/c1-3-18(13-6-4-5-12(16)10-13)15-9-11(2)7-8-14(15)17/h4-10H,3,17H2,1-2H3. The van der Waals surface area contributed by atoms with Gasteiger partial charge in [-0.1, -0.05) is 12.1 Å². The smallest absolute Gasteiger partial charge is 0.125 e. The summed E-state index contributed by atoms with van der Waals surface area (Å²) in [7, 11) is 0. The molecule has 0 atom stereocenters. The number of halogens is 1. The zero-order valence-electron chi connectivity index (χ0n) is 10.7. The van der Waals surface area contributed by atoms with Gasteiger partial charge >= 0.3 is 0 Å². The van der Waals surface area contributed by atoms with Crippen molar-refractivity contribution >= 4 is 17.1 Å². The Bertz CT molecular complexity index is 552. The van der Waals surface area contributed by atoms with Gasteiger partial charge in [-0.05, 0) is 49.7 Å². The molecule has 0 saturated heterocycles. The Hall–Kier alpha value is -2.03. The molecule has 0 amide bonds. The number of anilines is 3. The summed E-state index contributed by atoms with van der Waals surface area (Å²) in [6, 6.07) is 12.4. The molecule has 0 unspecified atom stereocenters. The van der Waals surface area contributed by atoms with Crippen molar-refractivity contribution in [2.45, 2.75) is 13.8 Å². The van der Waals surface area contributed by atoms with Gasteiger partial charge in [0.1, 0.15) is 5.82 Å². The molecule has 2 aromatic carbocycles. The molecule has 0 aliphatic carbocycles. The molecule has 2 aromatic rings. The van der Waals surface area contributed by atoms with Gasteiger partial charge < -0.3 is 10.6 Å². The monoisotopic (exact) mass is 244 g/mol. The van der Waals surface area contributed by atoms with Crippen molar-refractivity contribution in [1.29, 1.82) is 0 Å². The molecular formula is C15H17FN2. The van der Waals surface area contributed by atoms with Crippen LogP contribution >= 0.6 is 0 Å². The Morgan fingerprint density at radius 3 is 2.61 bits per heavy atom. The molecule has 0 bridgehead atoms. The molecule has 0 aromatic heterocycles. The van der Waals surface area contributed by atoms with Crippen LogP contribution in [0, 0.1) is 12.7 Å². The van der Waals surface area contributed by atoms with Gasteiger partial charge in [-0.25, -0.2) is 4.39 Å². The molecule has 3 heteroatoms. The van der Waals surface area contributed by atoms with Gasteiger partial charge in [0.15, 0.2) is 0 Å². The molecule has 0 radical (unpaired) electrons. The predicted octanol–water partition coefficient (Wildman–Crippen LogP) is 3.87. The maximum absolute atomic E-state index is 13.3. The third-order valence-electron chi connectivity index (χ3n) is 2.91. The van der Waals surface area contributed by atoms with Gasteiger partial charge in [-0.2, -0.15) is 0 Å². The van der Waals surface area contributed by atoms with E-state index in [1.54, 1.807) is 6.07 Å². The van der Waals surface area contributed by atoms with Crippen LogP contribution in [0.25, 0.3) is 0 Å². The molecule has 0 spiro atoms. The van der Waals surface area contributed by atoms with E-state index in [0.717, 1.165) is 23.5 Å². The normalized spacial score (nSPS) is 10.4. The van der Waals surface area contributed by atoms with Crippen molar-refractivity contribution in [3.63, 3.8) is 0 Å². The summed E-state index contributed by atoms with van der Waals surface area (Å²) >= 11 is 0. The minimum atomic E-state index is -0.239. The summed E-state index contributed by atoms with van der Waals surface area (Å²) in [6.07, 6.45) is 0. The van der Waals surface area contributed by atoms with E-state index in [1.165, 1.54) is 12.1 Å². The van der Waals surface area contributed by atoms with E-state index in [9.17, 15) is 4.39 Å². The number of nitrogens with zero attached hydrogens (tertiary/aromatic N) is 1. The molecule has 0 aliphatic heterocycles. The Morgan fingerprint density at radius 2 is 1.94 bits per heavy atom. The first-order valence-corrected chi connectivity index (χ1v) is 6.01. The highest BCUT2D eigenvalue weighted by Gasteiger charge is 2.11. The van der Waals surface area contributed by atoms with Crippen LogP contribution in [-0.2, 0) is 0 Å². The maximum atomic E-state index is 13.3. The second-order valence-corrected chi connectivity index (χ2v) is 4.29. The average molecular weight is 244 g/mol. The molecule has 0 saturated carbocycles. The summed E-state index contributed by atoms with van der Waals surface area (Å²) in [6.45, 7) is 4.77. The quantitative estimate of drug-likeness (QED) is 0.830. The number of aryl methyl sites for hydroxylation is 1. The Labute approximate surface area is 107 Å². The van der Waals surface area contributed by atoms with Crippen molar-refractivity contribution in [2.75, 3.05) is 17.2 Å². The van der Waals surface area contributed by atoms with E-state index < -0.39 is 0 Å². The average Bonchev–Trinajstić information content (AvgIpc) is 2.35. The number of nitrogen functional groups attached to an aromatic ring is 1. The molecule has 2 N–H and O–H groups in total. The third-order valence-corrected chi connectivity index (χ3v) is 2.91. The minimum Gasteiger partial charge on any atom is -0.397 e. The second-order valence-electron chi connectivity index (χ2n) is 4.29. The van der Waals surface area contributed by atoms with E-state index in [0.29, 0.717) is 5.69 Å². The molecule has 0 aliphatic rings. The number of hydrogen-bond acceptors (Lipinski definition) is 2. The summed E-state index contributed by atoms with van der Waals surface area (Å²) in [4.78, 5) is 2.01. The third kappa shape index (κ3) is 2.45. The van der Waals surface area contributed by atoms with E-state index in [4.69, 9.17) is 5.73 Å². The zero-order valence-corrected chi connectivity index (χ0v) is 10.7. The highest BCUT2D eigenvalue weighted by molar-refractivity contribution is 5.75. The van der Waals surface area contributed by atoms with Crippen LogP contribution in [0.4, 0.5) is 21.5 Å². The van der Waals surface area contributed by atoms with Crippen LogP contribution in [0.5, 0.6) is 0 Å². The van der Waals surface area contributed by atoms with Crippen molar-refractivity contribution in [1.82, 2.24) is 0 Å². The van der Waals surface area contributed by atoms with E-state index >= 15 is 0 Å². The fourth-order valence-electron chi connectivity index (χ4n) is 2.02. The fourth-order valence-corrected chi connectivity index (χ4v) is 2.02. The Balaban J connectivity index is 2.48. The zero-order chi connectivity index (χ0) is 13.1. The lowest BCUT2D eigenvalue weighted by molar-refractivity contribution is 0.627. The molecule has 0 fully saturated rings. The van der Waals surface area contributed by atoms with E-state index in [1.807, 2.05) is 43.0 Å². The topological polar surface area (TPSA) is 29.3 Å². The van der Waals surface area contributed by atoms with Gasteiger partial charge in [0.2, 0.25) is 0 Å². The second kappa shape index (κ2) is 5.08. The maximum Gasteiger partial charge on any atom is 0.125 e. The summed E-state index contributed by atoms with van der Waals surface area (Å²) in [5.74, 6) is -0.239. The van der Waals surface area contributed by atoms with Crippen LogP contribution in [0.15, 0.2) is 42.5 Å². The van der Waals surface area contributed by atoms with E-state index in [2.05, 4.69) is 0 Å². The lowest BCUT2D eigenvalue weighted by Crippen LogP contribution is -2.17. The predicted molar refractivity (Wildman–Crippen MR) is 74.7 cm³/mol.